The second kappa shape index (κ2) is 7.22. The van der Waals surface area contributed by atoms with E-state index in [9.17, 15) is 9.18 Å². The molecule has 2 aromatic rings. The van der Waals surface area contributed by atoms with Gasteiger partial charge in [0.2, 0.25) is 0 Å². The minimum atomic E-state index is -0.402. The van der Waals surface area contributed by atoms with E-state index < -0.39 is 5.97 Å². The van der Waals surface area contributed by atoms with Crippen LogP contribution in [-0.2, 0) is 17.8 Å². The lowest BCUT2D eigenvalue weighted by Gasteiger charge is -2.19. The zero-order chi connectivity index (χ0) is 16.1. The highest BCUT2D eigenvalue weighted by Gasteiger charge is 2.17. The van der Waals surface area contributed by atoms with Crippen molar-refractivity contribution >= 4 is 5.97 Å². The van der Waals surface area contributed by atoms with Crippen LogP contribution in [0.2, 0.25) is 0 Å². The molecule has 0 atom stereocenters. The van der Waals surface area contributed by atoms with Crippen LogP contribution < -0.4 is 0 Å². The van der Waals surface area contributed by atoms with Gasteiger partial charge in [0, 0.05) is 6.54 Å². The van der Waals surface area contributed by atoms with Crippen molar-refractivity contribution in [2.24, 2.45) is 0 Å². The number of esters is 1. The Balaban J connectivity index is 2.08. The maximum Gasteiger partial charge on any atom is 0.341 e. The van der Waals surface area contributed by atoms with Crippen molar-refractivity contribution in [3.8, 4) is 0 Å². The van der Waals surface area contributed by atoms with E-state index in [-0.39, 0.29) is 5.82 Å². The van der Waals surface area contributed by atoms with Crippen molar-refractivity contribution < 1.29 is 18.3 Å². The third kappa shape index (κ3) is 3.95. The molecule has 0 fully saturated rings. The summed E-state index contributed by atoms with van der Waals surface area (Å²) in [5, 5.41) is 0. The van der Waals surface area contributed by atoms with Crippen molar-refractivity contribution in [1.29, 1.82) is 0 Å². The molecular weight excluding hydrogens is 285 g/mol. The zero-order valence-electron chi connectivity index (χ0n) is 13.1. The molecule has 0 saturated carbocycles. The number of benzene rings is 1. The molecule has 4 nitrogen and oxygen atoms in total. The van der Waals surface area contributed by atoms with Gasteiger partial charge < -0.3 is 9.15 Å². The van der Waals surface area contributed by atoms with Gasteiger partial charge in [-0.3, -0.25) is 4.90 Å². The molecule has 2 rings (SSSR count). The second-order valence-electron chi connectivity index (χ2n) is 5.11. The zero-order valence-corrected chi connectivity index (χ0v) is 13.1. The first-order valence-corrected chi connectivity index (χ1v) is 7.18. The Hall–Kier alpha value is -2.14. The molecular formula is C17H20FNO3. The summed E-state index contributed by atoms with van der Waals surface area (Å²) in [6.45, 7) is 5.70. The lowest BCUT2D eigenvalue weighted by molar-refractivity contribution is 0.0599. The summed E-state index contributed by atoms with van der Waals surface area (Å²) in [4.78, 5) is 13.7. The van der Waals surface area contributed by atoms with Crippen LogP contribution in [0, 0.1) is 12.7 Å². The number of carbonyl (C=O) groups is 1. The van der Waals surface area contributed by atoms with Crippen LogP contribution in [0.5, 0.6) is 0 Å². The van der Waals surface area contributed by atoms with Crippen molar-refractivity contribution in [2.75, 3.05) is 13.7 Å². The van der Waals surface area contributed by atoms with E-state index in [2.05, 4.69) is 4.90 Å². The van der Waals surface area contributed by atoms with Crippen molar-refractivity contribution in [3.63, 3.8) is 0 Å². The average molecular weight is 305 g/mol. The fourth-order valence-electron chi connectivity index (χ4n) is 2.33. The predicted molar refractivity (Wildman–Crippen MR) is 81.0 cm³/mol. The Labute approximate surface area is 129 Å². The minimum absolute atomic E-state index is 0.240. The van der Waals surface area contributed by atoms with E-state index in [0.717, 1.165) is 12.1 Å². The van der Waals surface area contributed by atoms with Crippen LogP contribution >= 0.6 is 0 Å². The van der Waals surface area contributed by atoms with Gasteiger partial charge in [-0.1, -0.05) is 19.1 Å². The maximum atomic E-state index is 13.2. The number of furan rings is 1. The van der Waals surface area contributed by atoms with Gasteiger partial charge in [0.15, 0.2) is 0 Å². The number of aryl methyl sites for hydroxylation is 1. The molecule has 0 aliphatic carbocycles. The van der Waals surface area contributed by atoms with Crippen LogP contribution in [0.25, 0.3) is 0 Å². The predicted octanol–water partition coefficient (Wildman–Crippen LogP) is 3.54. The molecule has 0 N–H and O–H groups in total. The van der Waals surface area contributed by atoms with Crippen molar-refractivity contribution in [3.05, 3.63) is 58.8 Å². The Morgan fingerprint density at radius 1 is 1.32 bits per heavy atom. The van der Waals surface area contributed by atoms with Gasteiger partial charge in [-0.25, -0.2) is 9.18 Å². The van der Waals surface area contributed by atoms with Gasteiger partial charge in [-0.05, 0) is 37.2 Å². The molecule has 0 aliphatic heterocycles. The molecule has 0 spiro atoms. The summed E-state index contributed by atoms with van der Waals surface area (Å²) in [6.07, 6.45) is 0. The molecule has 1 heterocycles. The Kier molecular flexibility index (Phi) is 5.33. The number of halogens is 1. The van der Waals surface area contributed by atoms with Gasteiger partial charge in [-0.15, -0.1) is 0 Å². The first-order valence-electron chi connectivity index (χ1n) is 7.18. The molecule has 0 radical (unpaired) electrons. The summed E-state index contributed by atoms with van der Waals surface area (Å²) in [7, 11) is 1.34. The van der Waals surface area contributed by atoms with Gasteiger partial charge >= 0.3 is 5.97 Å². The van der Waals surface area contributed by atoms with E-state index >= 15 is 0 Å². The topological polar surface area (TPSA) is 42.7 Å². The minimum Gasteiger partial charge on any atom is -0.465 e. The number of hydrogen-bond donors (Lipinski definition) is 0. The molecule has 22 heavy (non-hydrogen) atoms. The van der Waals surface area contributed by atoms with Crippen molar-refractivity contribution in [1.82, 2.24) is 4.90 Å². The van der Waals surface area contributed by atoms with E-state index in [1.54, 1.807) is 19.1 Å². The molecule has 0 unspecified atom stereocenters. The third-order valence-electron chi connectivity index (χ3n) is 3.50. The van der Waals surface area contributed by atoms with E-state index in [1.165, 1.54) is 19.2 Å². The van der Waals surface area contributed by atoms with Gasteiger partial charge in [-0.2, -0.15) is 0 Å². The molecule has 0 amide bonds. The summed E-state index contributed by atoms with van der Waals surface area (Å²) in [6, 6.07) is 8.24. The molecule has 0 saturated heterocycles. The summed E-state index contributed by atoms with van der Waals surface area (Å²) < 4.78 is 23.6. The Bertz CT molecular complexity index is 651. The molecule has 0 aliphatic rings. The number of carbonyl (C=O) groups excluding carboxylic acids is 1. The first-order chi connectivity index (χ1) is 10.5. The number of hydrogen-bond acceptors (Lipinski definition) is 4. The van der Waals surface area contributed by atoms with E-state index in [4.69, 9.17) is 9.15 Å². The summed E-state index contributed by atoms with van der Waals surface area (Å²) in [5.41, 5.74) is 1.35. The number of methoxy groups -OCH3 is 1. The standard InChI is InChI=1S/C17H20FNO3/c1-4-19(10-13-6-5-7-14(18)8-13)11-15-9-16(12(2)22-15)17(20)21-3/h5-9H,4,10-11H2,1-3H3. The van der Waals surface area contributed by atoms with Crippen LogP contribution in [0.4, 0.5) is 4.39 Å². The number of nitrogens with zero attached hydrogens (tertiary/aromatic N) is 1. The monoisotopic (exact) mass is 305 g/mol. The largest absolute Gasteiger partial charge is 0.465 e. The fraction of sp³-hybridized carbons (Fsp3) is 0.353. The van der Waals surface area contributed by atoms with E-state index in [0.29, 0.717) is 30.2 Å². The average Bonchev–Trinajstić information content (AvgIpc) is 2.86. The normalized spacial score (nSPS) is 11.0. The second-order valence-corrected chi connectivity index (χ2v) is 5.11. The number of rotatable bonds is 6. The highest BCUT2D eigenvalue weighted by Crippen LogP contribution is 2.18. The molecule has 5 heteroatoms. The van der Waals surface area contributed by atoms with Crippen molar-refractivity contribution in [2.45, 2.75) is 26.9 Å². The molecule has 118 valence electrons. The fourth-order valence-corrected chi connectivity index (χ4v) is 2.33. The summed E-state index contributed by atoms with van der Waals surface area (Å²) in [5.74, 6) is 0.593. The van der Waals surface area contributed by atoms with E-state index in [1.807, 2.05) is 13.0 Å². The smallest absolute Gasteiger partial charge is 0.341 e. The van der Waals surface area contributed by atoms with Gasteiger partial charge in [0.05, 0.1) is 13.7 Å². The molecule has 0 bridgehead atoms. The van der Waals surface area contributed by atoms with Crippen LogP contribution in [0.1, 0.15) is 34.4 Å². The van der Waals surface area contributed by atoms with Gasteiger partial charge in [0.25, 0.3) is 0 Å². The van der Waals surface area contributed by atoms with Crippen LogP contribution in [-0.4, -0.2) is 24.5 Å². The maximum absolute atomic E-state index is 13.2. The lowest BCUT2D eigenvalue weighted by Crippen LogP contribution is -2.22. The van der Waals surface area contributed by atoms with Crippen LogP contribution in [0.3, 0.4) is 0 Å². The quantitative estimate of drug-likeness (QED) is 0.766. The molecule has 1 aromatic heterocycles. The highest BCUT2D eigenvalue weighted by molar-refractivity contribution is 5.90. The molecule has 1 aromatic carbocycles. The Morgan fingerprint density at radius 2 is 2.09 bits per heavy atom. The SMILES string of the molecule is CCN(Cc1cccc(F)c1)Cc1cc(C(=O)OC)c(C)o1. The van der Waals surface area contributed by atoms with Gasteiger partial charge in [0.1, 0.15) is 22.9 Å². The third-order valence-corrected chi connectivity index (χ3v) is 3.50. The number of ether oxygens (including phenoxy) is 1. The first kappa shape index (κ1) is 16.2. The van der Waals surface area contributed by atoms with Crippen LogP contribution in [0.15, 0.2) is 34.7 Å². The lowest BCUT2D eigenvalue weighted by atomic mass is 10.2. The highest BCUT2D eigenvalue weighted by atomic mass is 19.1. The summed E-state index contributed by atoms with van der Waals surface area (Å²) >= 11 is 0. The Morgan fingerprint density at radius 3 is 2.73 bits per heavy atom.